The van der Waals surface area contributed by atoms with Gasteiger partial charge in [-0.25, -0.2) is 9.69 Å². The molecular formula is C30H41NO6. The molecule has 0 unspecified atom stereocenters. The minimum absolute atomic E-state index is 0.0285. The van der Waals surface area contributed by atoms with Crippen molar-refractivity contribution < 1.29 is 29.0 Å². The standard InChI is InChI=1S/C30H41NO6/c1-22(2)26-21-36-30(35)31(26)29(34)25(20-23-14-10-9-11-15-23)28-27(33)18-17-24(37-28)16-12-7-5-3-4-6-8-13-19-32/h9-11,14-18,22,25-26,28,32H,3-8,12-13,19-21H2,1-2H3/t25-,26+,28-/m0/s1. The number of imide groups is 1. The van der Waals surface area contributed by atoms with Crippen molar-refractivity contribution >= 4 is 17.8 Å². The average molecular weight is 512 g/mol. The van der Waals surface area contributed by atoms with Crippen LogP contribution in [-0.4, -0.2) is 53.1 Å². The first-order chi connectivity index (χ1) is 17.9. The lowest BCUT2D eigenvalue weighted by molar-refractivity contribution is -0.144. The topological polar surface area (TPSA) is 93.1 Å². The van der Waals surface area contributed by atoms with Crippen LogP contribution in [0.2, 0.25) is 0 Å². The third-order valence-electron chi connectivity index (χ3n) is 7.06. The predicted molar refractivity (Wildman–Crippen MR) is 142 cm³/mol. The highest BCUT2D eigenvalue weighted by Crippen LogP contribution is 2.29. The summed E-state index contributed by atoms with van der Waals surface area (Å²) in [5.41, 5.74) is 0.894. The molecule has 37 heavy (non-hydrogen) atoms. The number of ketones is 1. The van der Waals surface area contributed by atoms with Crippen LogP contribution in [0.1, 0.15) is 70.8 Å². The number of hydrogen-bond acceptors (Lipinski definition) is 6. The van der Waals surface area contributed by atoms with Gasteiger partial charge in [0.15, 0.2) is 11.9 Å². The first-order valence-electron chi connectivity index (χ1n) is 13.7. The maximum Gasteiger partial charge on any atom is 0.416 e. The maximum absolute atomic E-state index is 13.8. The minimum atomic E-state index is -1.00. The summed E-state index contributed by atoms with van der Waals surface area (Å²) in [7, 11) is 0. The van der Waals surface area contributed by atoms with E-state index in [1.54, 1.807) is 6.08 Å². The highest BCUT2D eigenvalue weighted by molar-refractivity contribution is 6.02. The molecule has 1 aromatic rings. The molecule has 0 spiro atoms. The van der Waals surface area contributed by atoms with Gasteiger partial charge < -0.3 is 14.6 Å². The molecule has 1 N–H and O–H groups in total. The Morgan fingerprint density at radius 2 is 1.70 bits per heavy atom. The number of aliphatic hydroxyl groups is 1. The van der Waals surface area contributed by atoms with Crippen LogP contribution in [0.3, 0.4) is 0 Å². The van der Waals surface area contributed by atoms with Gasteiger partial charge in [0.05, 0.1) is 12.0 Å². The lowest BCUT2D eigenvalue weighted by Gasteiger charge is -2.32. The highest BCUT2D eigenvalue weighted by atomic mass is 16.6. The Balaban J connectivity index is 1.68. The quantitative estimate of drug-likeness (QED) is 0.338. The third-order valence-corrected chi connectivity index (χ3v) is 7.06. The van der Waals surface area contributed by atoms with Crippen LogP contribution in [0.25, 0.3) is 0 Å². The summed E-state index contributed by atoms with van der Waals surface area (Å²) in [5, 5.41) is 8.85. The van der Waals surface area contributed by atoms with Crippen molar-refractivity contribution in [3.05, 3.63) is 59.9 Å². The number of ether oxygens (including phenoxy) is 2. The van der Waals surface area contributed by atoms with Crippen LogP contribution >= 0.6 is 0 Å². The monoisotopic (exact) mass is 511 g/mol. The van der Waals surface area contributed by atoms with Crippen molar-refractivity contribution in [1.29, 1.82) is 0 Å². The summed E-state index contributed by atoms with van der Waals surface area (Å²) in [5.74, 6) is -0.945. The SMILES string of the molecule is CC(C)[C@H]1COC(=O)N1C(=O)[C@@H](Cc1ccccc1)[C@@H]1OC(=CCCCCCCCCCO)C=CC1=O. The molecule has 3 atom stereocenters. The Kier molecular flexibility index (Phi) is 11.4. The van der Waals surface area contributed by atoms with Gasteiger partial charge in [0, 0.05) is 6.61 Å². The van der Waals surface area contributed by atoms with Gasteiger partial charge in [-0.05, 0) is 55.4 Å². The van der Waals surface area contributed by atoms with Crippen molar-refractivity contribution in [2.75, 3.05) is 13.2 Å². The Bertz CT molecular complexity index is 954. The number of cyclic esters (lactones) is 1. The molecular weight excluding hydrogens is 470 g/mol. The minimum Gasteiger partial charge on any atom is -0.482 e. The molecule has 2 heterocycles. The molecule has 7 heteroatoms. The molecule has 202 valence electrons. The van der Waals surface area contributed by atoms with E-state index in [0.717, 1.165) is 50.5 Å². The molecule has 7 nitrogen and oxygen atoms in total. The van der Waals surface area contributed by atoms with Gasteiger partial charge in [-0.2, -0.15) is 0 Å². The number of nitrogens with zero attached hydrogens (tertiary/aromatic N) is 1. The highest BCUT2D eigenvalue weighted by Gasteiger charge is 2.46. The smallest absolute Gasteiger partial charge is 0.416 e. The summed E-state index contributed by atoms with van der Waals surface area (Å²) >= 11 is 0. The molecule has 1 saturated heterocycles. The number of aliphatic hydroxyl groups excluding tert-OH is 1. The van der Waals surface area contributed by atoms with Gasteiger partial charge in [-0.15, -0.1) is 0 Å². The fourth-order valence-corrected chi connectivity index (χ4v) is 4.83. The van der Waals surface area contributed by atoms with Crippen molar-refractivity contribution in [2.45, 2.75) is 83.8 Å². The molecule has 0 bridgehead atoms. The lowest BCUT2D eigenvalue weighted by atomic mass is 9.88. The van der Waals surface area contributed by atoms with Gasteiger partial charge >= 0.3 is 6.09 Å². The first-order valence-corrected chi connectivity index (χ1v) is 13.7. The van der Waals surface area contributed by atoms with Crippen LogP contribution in [0, 0.1) is 11.8 Å². The van der Waals surface area contributed by atoms with Gasteiger partial charge in [0.25, 0.3) is 0 Å². The van der Waals surface area contributed by atoms with E-state index in [-0.39, 0.29) is 37.4 Å². The zero-order valence-electron chi connectivity index (χ0n) is 22.1. The van der Waals surface area contributed by atoms with Crippen LogP contribution in [-0.2, 0) is 25.5 Å². The second-order valence-electron chi connectivity index (χ2n) is 10.3. The van der Waals surface area contributed by atoms with Crippen molar-refractivity contribution in [2.24, 2.45) is 11.8 Å². The second kappa shape index (κ2) is 14.7. The second-order valence-corrected chi connectivity index (χ2v) is 10.3. The molecule has 3 rings (SSSR count). The van der Waals surface area contributed by atoms with Crippen molar-refractivity contribution in [1.82, 2.24) is 4.90 Å². The van der Waals surface area contributed by atoms with Gasteiger partial charge in [-0.3, -0.25) is 9.59 Å². The molecule has 2 amide bonds. The van der Waals surface area contributed by atoms with Crippen LogP contribution < -0.4 is 0 Å². The van der Waals surface area contributed by atoms with Crippen molar-refractivity contribution in [3.8, 4) is 0 Å². The number of benzene rings is 1. The largest absolute Gasteiger partial charge is 0.482 e. The van der Waals surface area contributed by atoms with Gasteiger partial charge in [-0.1, -0.05) is 76.3 Å². The Hall–Kier alpha value is -2.93. The number of allylic oxidation sites excluding steroid dienone is 2. The fraction of sp³-hybridized carbons (Fsp3) is 0.567. The molecule has 1 fully saturated rings. The van der Waals surface area contributed by atoms with E-state index in [4.69, 9.17) is 14.6 Å². The summed E-state index contributed by atoms with van der Waals surface area (Å²) < 4.78 is 11.3. The van der Waals surface area contributed by atoms with E-state index in [9.17, 15) is 14.4 Å². The summed E-state index contributed by atoms with van der Waals surface area (Å²) in [6.07, 6.45) is 12.1. The number of carbonyl (C=O) groups is 3. The predicted octanol–water partition coefficient (Wildman–Crippen LogP) is 5.37. The lowest BCUT2D eigenvalue weighted by Crippen LogP contribution is -2.50. The molecule has 2 aliphatic heterocycles. The summed E-state index contributed by atoms with van der Waals surface area (Å²) in [4.78, 5) is 40.5. The summed E-state index contributed by atoms with van der Waals surface area (Å²) in [6, 6.07) is 9.12. The average Bonchev–Trinajstić information content (AvgIpc) is 3.29. The molecule has 0 aliphatic carbocycles. The number of amides is 2. The maximum atomic E-state index is 13.8. The zero-order valence-corrected chi connectivity index (χ0v) is 22.1. The molecule has 2 aliphatic rings. The normalized spacial score (nSPS) is 21.4. The number of carbonyl (C=O) groups excluding carboxylic acids is 3. The fourth-order valence-electron chi connectivity index (χ4n) is 4.83. The third kappa shape index (κ3) is 8.29. The number of unbranched alkanes of at least 4 members (excludes halogenated alkanes) is 7. The van der Waals surface area contributed by atoms with Crippen LogP contribution in [0.4, 0.5) is 4.79 Å². The first kappa shape index (κ1) is 28.6. The van der Waals surface area contributed by atoms with E-state index in [2.05, 4.69) is 0 Å². The zero-order chi connectivity index (χ0) is 26.6. The van der Waals surface area contributed by atoms with E-state index in [1.807, 2.05) is 50.3 Å². The Labute approximate surface area is 220 Å². The Morgan fingerprint density at radius 3 is 2.38 bits per heavy atom. The number of rotatable bonds is 14. The van der Waals surface area contributed by atoms with E-state index >= 15 is 0 Å². The summed E-state index contributed by atoms with van der Waals surface area (Å²) in [6.45, 7) is 4.31. The molecule has 0 saturated carbocycles. The van der Waals surface area contributed by atoms with Crippen LogP contribution in [0.15, 0.2) is 54.3 Å². The van der Waals surface area contributed by atoms with Gasteiger partial charge in [0.2, 0.25) is 5.91 Å². The van der Waals surface area contributed by atoms with E-state index in [1.165, 1.54) is 17.4 Å². The van der Waals surface area contributed by atoms with E-state index < -0.39 is 24.0 Å². The van der Waals surface area contributed by atoms with Crippen LogP contribution in [0.5, 0.6) is 0 Å². The molecule has 1 aromatic carbocycles. The molecule has 0 radical (unpaired) electrons. The van der Waals surface area contributed by atoms with Crippen molar-refractivity contribution in [3.63, 3.8) is 0 Å². The molecule has 0 aromatic heterocycles. The number of hydrogen-bond donors (Lipinski definition) is 1. The van der Waals surface area contributed by atoms with Gasteiger partial charge in [0.1, 0.15) is 12.4 Å². The van der Waals surface area contributed by atoms with E-state index in [0.29, 0.717) is 5.76 Å². The Morgan fingerprint density at radius 1 is 1.03 bits per heavy atom.